The first kappa shape index (κ1) is 25.6. The predicted molar refractivity (Wildman–Crippen MR) is 132 cm³/mol. The van der Waals surface area contributed by atoms with Crippen molar-refractivity contribution >= 4 is 11.9 Å². The van der Waals surface area contributed by atoms with Gasteiger partial charge in [-0.1, -0.05) is 51.5 Å². The van der Waals surface area contributed by atoms with Crippen LogP contribution in [0.25, 0.3) is 0 Å². The van der Waals surface area contributed by atoms with Gasteiger partial charge < -0.3 is 19.5 Å². The number of nitrogens with one attached hydrogen (secondary N) is 1. The van der Waals surface area contributed by atoms with E-state index in [4.69, 9.17) is 14.2 Å². The molecule has 6 nitrogen and oxygen atoms in total. The van der Waals surface area contributed by atoms with Crippen LogP contribution in [-0.4, -0.2) is 38.2 Å². The van der Waals surface area contributed by atoms with E-state index < -0.39 is 12.0 Å². The zero-order valence-electron chi connectivity index (χ0n) is 20.9. The summed E-state index contributed by atoms with van der Waals surface area (Å²) in [7, 11) is 3.15. The standard InChI is InChI=1S/C28H37NO5/c1-18(2)22-13-11-19(3)15-25(22)34-28(31)23(29-27(30)21-9-7-6-8-10-21)16-20-12-14-24(32-4)26(17-20)33-5/h6-10,12,14,17-19,22-23,25H,11,13,15-16H2,1-5H3,(H,29,30)/t19?,22?,23-,25?/m0/s1. The first-order valence-electron chi connectivity index (χ1n) is 12.1. The highest BCUT2D eigenvalue weighted by atomic mass is 16.5. The number of amides is 1. The summed E-state index contributed by atoms with van der Waals surface area (Å²) in [5.74, 6) is 1.73. The summed E-state index contributed by atoms with van der Waals surface area (Å²) in [5, 5.41) is 2.91. The summed E-state index contributed by atoms with van der Waals surface area (Å²) in [5.41, 5.74) is 1.34. The predicted octanol–water partition coefficient (Wildman–Crippen LogP) is 5.05. The number of carbonyl (C=O) groups excluding carboxylic acids is 2. The smallest absolute Gasteiger partial charge is 0.329 e. The number of benzene rings is 2. The molecular formula is C28H37NO5. The van der Waals surface area contributed by atoms with E-state index in [0.717, 1.165) is 24.8 Å². The molecule has 4 atom stereocenters. The summed E-state index contributed by atoms with van der Waals surface area (Å²) in [6.07, 6.45) is 3.19. The third-order valence-corrected chi connectivity index (χ3v) is 6.74. The van der Waals surface area contributed by atoms with Crippen LogP contribution in [-0.2, 0) is 16.0 Å². The van der Waals surface area contributed by atoms with Crippen molar-refractivity contribution in [2.75, 3.05) is 14.2 Å². The highest BCUT2D eigenvalue weighted by Gasteiger charge is 2.35. The number of hydrogen-bond acceptors (Lipinski definition) is 5. The normalized spacial score (nSPS) is 20.9. The molecule has 184 valence electrons. The Labute approximate surface area is 203 Å². The summed E-state index contributed by atoms with van der Waals surface area (Å²) in [4.78, 5) is 26.4. The van der Waals surface area contributed by atoms with E-state index in [-0.39, 0.29) is 18.4 Å². The lowest BCUT2D eigenvalue weighted by molar-refractivity contribution is -0.158. The molecule has 0 aliphatic heterocycles. The molecule has 1 aliphatic carbocycles. The summed E-state index contributed by atoms with van der Waals surface area (Å²) in [6.45, 7) is 6.56. The van der Waals surface area contributed by atoms with Gasteiger partial charge in [-0.2, -0.15) is 0 Å². The number of carbonyl (C=O) groups is 2. The molecular weight excluding hydrogens is 430 g/mol. The van der Waals surface area contributed by atoms with Gasteiger partial charge in [0.15, 0.2) is 11.5 Å². The molecule has 1 saturated carbocycles. The third-order valence-electron chi connectivity index (χ3n) is 6.74. The Balaban J connectivity index is 1.83. The highest BCUT2D eigenvalue weighted by Crippen LogP contribution is 2.35. The lowest BCUT2D eigenvalue weighted by Gasteiger charge is -2.37. The van der Waals surface area contributed by atoms with Crippen molar-refractivity contribution in [3.63, 3.8) is 0 Å². The molecule has 0 radical (unpaired) electrons. The average Bonchev–Trinajstić information content (AvgIpc) is 2.83. The van der Waals surface area contributed by atoms with Crippen molar-refractivity contribution in [2.24, 2.45) is 17.8 Å². The van der Waals surface area contributed by atoms with Crippen molar-refractivity contribution < 1.29 is 23.8 Å². The van der Waals surface area contributed by atoms with Gasteiger partial charge >= 0.3 is 5.97 Å². The monoisotopic (exact) mass is 467 g/mol. The van der Waals surface area contributed by atoms with Gasteiger partial charge in [0.25, 0.3) is 5.91 Å². The van der Waals surface area contributed by atoms with E-state index in [0.29, 0.717) is 34.8 Å². The lowest BCUT2D eigenvalue weighted by atomic mass is 9.75. The van der Waals surface area contributed by atoms with Gasteiger partial charge in [-0.25, -0.2) is 4.79 Å². The maximum Gasteiger partial charge on any atom is 0.329 e. The largest absolute Gasteiger partial charge is 0.493 e. The number of rotatable bonds is 9. The Morgan fingerprint density at radius 2 is 1.71 bits per heavy atom. The van der Waals surface area contributed by atoms with Crippen LogP contribution in [0.2, 0.25) is 0 Å². The van der Waals surface area contributed by atoms with E-state index in [9.17, 15) is 9.59 Å². The topological polar surface area (TPSA) is 73.9 Å². The fourth-order valence-corrected chi connectivity index (χ4v) is 4.75. The van der Waals surface area contributed by atoms with Crippen LogP contribution in [0, 0.1) is 17.8 Å². The molecule has 1 amide bonds. The molecule has 6 heteroatoms. The van der Waals surface area contributed by atoms with Crippen LogP contribution in [0.3, 0.4) is 0 Å². The van der Waals surface area contributed by atoms with E-state index in [1.54, 1.807) is 44.6 Å². The van der Waals surface area contributed by atoms with Crippen LogP contribution in [0.4, 0.5) is 0 Å². The SMILES string of the molecule is COc1ccc(C[C@H](NC(=O)c2ccccc2)C(=O)OC2CC(C)CCC2C(C)C)cc1OC. The third kappa shape index (κ3) is 6.52. The van der Waals surface area contributed by atoms with Crippen LogP contribution in [0.15, 0.2) is 48.5 Å². The molecule has 1 N–H and O–H groups in total. The van der Waals surface area contributed by atoms with Gasteiger partial charge in [0.05, 0.1) is 14.2 Å². The van der Waals surface area contributed by atoms with E-state index in [1.807, 2.05) is 18.2 Å². The minimum Gasteiger partial charge on any atom is -0.493 e. The van der Waals surface area contributed by atoms with E-state index in [1.165, 1.54) is 0 Å². The molecule has 3 unspecified atom stereocenters. The Morgan fingerprint density at radius 1 is 1.00 bits per heavy atom. The molecule has 2 aromatic rings. The second-order valence-electron chi connectivity index (χ2n) is 9.59. The molecule has 0 saturated heterocycles. The second-order valence-corrected chi connectivity index (χ2v) is 9.59. The van der Waals surface area contributed by atoms with E-state index >= 15 is 0 Å². The molecule has 3 rings (SSSR count). The Kier molecular flexibility index (Phi) is 8.97. The summed E-state index contributed by atoms with van der Waals surface area (Å²) < 4.78 is 16.8. The Bertz CT molecular complexity index is 959. The first-order valence-corrected chi connectivity index (χ1v) is 12.1. The molecule has 1 fully saturated rings. The van der Waals surface area contributed by atoms with Gasteiger partial charge in [-0.05, 0) is 60.4 Å². The van der Waals surface area contributed by atoms with Gasteiger partial charge in [0, 0.05) is 12.0 Å². The minimum atomic E-state index is -0.823. The van der Waals surface area contributed by atoms with Gasteiger partial charge in [0.2, 0.25) is 0 Å². The molecule has 0 spiro atoms. The van der Waals surface area contributed by atoms with Crippen molar-refractivity contribution in [3.8, 4) is 11.5 Å². The first-order chi connectivity index (χ1) is 16.3. The van der Waals surface area contributed by atoms with Crippen LogP contribution < -0.4 is 14.8 Å². The molecule has 1 aliphatic rings. The Morgan fingerprint density at radius 3 is 2.35 bits per heavy atom. The van der Waals surface area contributed by atoms with Crippen LogP contribution >= 0.6 is 0 Å². The zero-order chi connectivity index (χ0) is 24.7. The highest BCUT2D eigenvalue weighted by molar-refractivity contribution is 5.96. The van der Waals surface area contributed by atoms with Crippen molar-refractivity contribution in [1.29, 1.82) is 0 Å². The van der Waals surface area contributed by atoms with Crippen LogP contribution in [0.1, 0.15) is 56.0 Å². The number of hydrogen-bond donors (Lipinski definition) is 1. The fraction of sp³-hybridized carbons (Fsp3) is 0.500. The lowest BCUT2D eigenvalue weighted by Crippen LogP contribution is -2.46. The zero-order valence-corrected chi connectivity index (χ0v) is 20.9. The number of ether oxygens (including phenoxy) is 3. The fourth-order valence-electron chi connectivity index (χ4n) is 4.75. The van der Waals surface area contributed by atoms with Crippen molar-refractivity contribution in [2.45, 2.75) is 58.6 Å². The summed E-state index contributed by atoms with van der Waals surface area (Å²) in [6, 6.07) is 13.6. The maximum atomic E-state index is 13.4. The molecule has 0 aromatic heterocycles. The average molecular weight is 468 g/mol. The van der Waals surface area contributed by atoms with Gasteiger partial charge in [-0.15, -0.1) is 0 Å². The van der Waals surface area contributed by atoms with Crippen LogP contribution in [0.5, 0.6) is 11.5 Å². The molecule has 0 heterocycles. The van der Waals surface area contributed by atoms with Gasteiger partial charge in [-0.3, -0.25) is 4.79 Å². The molecule has 34 heavy (non-hydrogen) atoms. The van der Waals surface area contributed by atoms with Crippen molar-refractivity contribution in [3.05, 3.63) is 59.7 Å². The quantitative estimate of drug-likeness (QED) is 0.523. The maximum absolute atomic E-state index is 13.4. The minimum absolute atomic E-state index is 0.141. The summed E-state index contributed by atoms with van der Waals surface area (Å²) >= 11 is 0. The Hall–Kier alpha value is -3.02. The second kappa shape index (κ2) is 11.9. The molecule has 0 bridgehead atoms. The van der Waals surface area contributed by atoms with E-state index in [2.05, 4.69) is 26.1 Å². The van der Waals surface area contributed by atoms with Gasteiger partial charge in [0.1, 0.15) is 12.1 Å². The molecule has 2 aromatic carbocycles. The van der Waals surface area contributed by atoms with Crippen molar-refractivity contribution in [1.82, 2.24) is 5.32 Å². The number of esters is 1. The number of methoxy groups -OCH3 is 2.